The maximum Gasteiger partial charge on any atom is 0.176 e. The lowest BCUT2D eigenvalue weighted by atomic mass is 10.3. The highest BCUT2D eigenvalue weighted by Crippen LogP contribution is 2.07. The molecule has 0 spiro atoms. The Hall–Kier alpha value is -0.803. The molecule has 1 aromatic carbocycles. The van der Waals surface area contributed by atoms with Gasteiger partial charge in [-0.25, -0.2) is 0 Å². The summed E-state index contributed by atoms with van der Waals surface area (Å²) in [5.41, 5.74) is 1.21. The SMILES string of the molecule is CC[SiH](CCCNc1ccccc1)OC. The summed E-state index contributed by atoms with van der Waals surface area (Å²) in [5.74, 6) is 0. The molecule has 1 atom stereocenters. The Morgan fingerprint density at radius 1 is 1.27 bits per heavy atom. The molecule has 0 aliphatic heterocycles. The Kier molecular flexibility index (Phi) is 6.12. The van der Waals surface area contributed by atoms with E-state index in [1.807, 2.05) is 13.2 Å². The van der Waals surface area contributed by atoms with Gasteiger partial charge in [0.1, 0.15) is 0 Å². The van der Waals surface area contributed by atoms with Crippen molar-refractivity contribution in [2.45, 2.75) is 25.4 Å². The Morgan fingerprint density at radius 2 is 2.00 bits per heavy atom. The van der Waals surface area contributed by atoms with E-state index in [-0.39, 0.29) is 0 Å². The van der Waals surface area contributed by atoms with Gasteiger partial charge >= 0.3 is 0 Å². The van der Waals surface area contributed by atoms with Crippen molar-refractivity contribution in [1.29, 1.82) is 0 Å². The van der Waals surface area contributed by atoms with Gasteiger partial charge in [0.05, 0.1) is 0 Å². The molecule has 0 amide bonds. The molecule has 2 nitrogen and oxygen atoms in total. The van der Waals surface area contributed by atoms with Gasteiger partial charge in [-0.1, -0.05) is 25.1 Å². The number of benzene rings is 1. The van der Waals surface area contributed by atoms with Crippen LogP contribution < -0.4 is 5.32 Å². The van der Waals surface area contributed by atoms with Crippen molar-refractivity contribution in [3.05, 3.63) is 30.3 Å². The van der Waals surface area contributed by atoms with Crippen LogP contribution in [0.3, 0.4) is 0 Å². The van der Waals surface area contributed by atoms with Gasteiger partial charge in [0.25, 0.3) is 0 Å². The van der Waals surface area contributed by atoms with Crippen molar-refractivity contribution >= 4 is 14.7 Å². The molecule has 0 bridgehead atoms. The third-order valence-corrected chi connectivity index (χ3v) is 5.22. The van der Waals surface area contributed by atoms with Gasteiger partial charge < -0.3 is 9.74 Å². The molecule has 0 saturated carbocycles. The summed E-state index contributed by atoms with van der Waals surface area (Å²) in [4.78, 5) is 0. The van der Waals surface area contributed by atoms with Crippen molar-refractivity contribution in [3.8, 4) is 0 Å². The number of nitrogens with one attached hydrogen (secondary N) is 1. The van der Waals surface area contributed by atoms with Crippen molar-refractivity contribution in [1.82, 2.24) is 0 Å². The lowest BCUT2D eigenvalue weighted by molar-refractivity contribution is 0.417. The average Bonchev–Trinajstić information content (AvgIpc) is 2.31. The van der Waals surface area contributed by atoms with E-state index in [1.165, 1.54) is 24.2 Å². The monoisotopic (exact) mass is 223 g/mol. The number of anilines is 1. The van der Waals surface area contributed by atoms with Crippen LogP contribution in [0.1, 0.15) is 13.3 Å². The van der Waals surface area contributed by atoms with Gasteiger partial charge in [-0.3, -0.25) is 0 Å². The molecule has 15 heavy (non-hydrogen) atoms. The van der Waals surface area contributed by atoms with E-state index in [0.29, 0.717) is 0 Å². The first-order chi connectivity index (χ1) is 7.36. The predicted octanol–water partition coefficient (Wildman–Crippen LogP) is 2.88. The minimum atomic E-state index is -0.858. The second kappa shape index (κ2) is 7.48. The highest BCUT2D eigenvalue weighted by atomic mass is 28.3. The first-order valence-corrected chi connectivity index (χ1v) is 7.79. The second-order valence-corrected chi connectivity index (χ2v) is 6.81. The van der Waals surface area contributed by atoms with Crippen LogP contribution in [0.2, 0.25) is 12.1 Å². The van der Waals surface area contributed by atoms with Crippen molar-refractivity contribution in [2.75, 3.05) is 19.0 Å². The standard InChI is InChI=1S/C12H21NOSi/c1-3-15(14-2)11-7-10-13-12-8-5-4-6-9-12/h4-6,8-9,13,15H,3,7,10-11H2,1-2H3. The number of rotatable bonds is 7. The quantitative estimate of drug-likeness (QED) is 0.567. The minimum Gasteiger partial charge on any atom is -0.423 e. The van der Waals surface area contributed by atoms with Gasteiger partial charge in [0.15, 0.2) is 9.04 Å². The fraction of sp³-hybridized carbons (Fsp3) is 0.500. The maximum atomic E-state index is 5.46. The number of para-hydroxylation sites is 1. The molecule has 0 fully saturated rings. The third kappa shape index (κ3) is 5.00. The van der Waals surface area contributed by atoms with Crippen LogP contribution in [0.4, 0.5) is 5.69 Å². The summed E-state index contributed by atoms with van der Waals surface area (Å²) in [7, 11) is 0.995. The van der Waals surface area contributed by atoms with E-state index >= 15 is 0 Å². The van der Waals surface area contributed by atoms with Crippen LogP contribution >= 0.6 is 0 Å². The average molecular weight is 223 g/mol. The Labute approximate surface area is 94.4 Å². The largest absolute Gasteiger partial charge is 0.423 e. The van der Waals surface area contributed by atoms with E-state index in [1.54, 1.807) is 0 Å². The van der Waals surface area contributed by atoms with Gasteiger partial charge in [0.2, 0.25) is 0 Å². The smallest absolute Gasteiger partial charge is 0.176 e. The lowest BCUT2D eigenvalue weighted by Crippen LogP contribution is -2.15. The summed E-state index contributed by atoms with van der Waals surface area (Å²) in [6.45, 7) is 3.28. The van der Waals surface area contributed by atoms with Crippen molar-refractivity contribution < 1.29 is 4.43 Å². The molecule has 84 valence electrons. The summed E-state index contributed by atoms with van der Waals surface area (Å²) in [6, 6.07) is 12.9. The van der Waals surface area contributed by atoms with Gasteiger partial charge in [0, 0.05) is 19.3 Å². The Bertz CT molecular complexity index is 249. The van der Waals surface area contributed by atoms with Crippen LogP contribution in [-0.2, 0) is 4.43 Å². The van der Waals surface area contributed by atoms with Crippen LogP contribution in [0.25, 0.3) is 0 Å². The number of hydrogen-bond donors (Lipinski definition) is 1. The highest BCUT2D eigenvalue weighted by Gasteiger charge is 2.05. The topological polar surface area (TPSA) is 21.3 Å². The van der Waals surface area contributed by atoms with Crippen LogP contribution in [0, 0.1) is 0 Å². The van der Waals surface area contributed by atoms with Crippen LogP contribution in [0.15, 0.2) is 30.3 Å². The fourth-order valence-electron chi connectivity index (χ4n) is 1.61. The fourth-order valence-corrected chi connectivity index (χ4v) is 3.24. The molecule has 1 rings (SSSR count). The maximum absolute atomic E-state index is 5.46. The summed E-state index contributed by atoms with van der Waals surface area (Å²) in [5, 5.41) is 3.41. The second-order valence-electron chi connectivity index (χ2n) is 3.70. The normalized spacial score (nSPS) is 12.4. The van der Waals surface area contributed by atoms with Crippen LogP contribution in [0.5, 0.6) is 0 Å². The molecule has 0 heterocycles. The summed E-state index contributed by atoms with van der Waals surface area (Å²) < 4.78 is 5.46. The van der Waals surface area contributed by atoms with E-state index in [9.17, 15) is 0 Å². The zero-order valence-corrected chi connectivity index (χ0v) is 10.9. The van der Waals surface area contributed by atoms with E-state index in [2.05, 4.69) is 36.5 Å². The van der Waals surface area contributed by atoms with Crippen molar-refractivity contribution in [3.63, 3.8) is 0 Å². The molecule has 1 unspecified atom stereocenters. The molecule has 0 radical (unpaired) electrons. The molecular formula is C12H21NOSi. The zero-order chi connectivity index (χ0) is 10.9. The summed E-state index contributed by atoms with van der Waals surface area (Å²) in [6.07, 6.45) is 1.22. The molecule has 1 aromatic rings. The Balaban J connectivity index is 2.12. The summed E-state index contributed by atoms with van der Waals surface area (Å²) >= 11 is 0. The first-order valence-electron chi connectivity index (χ1n) is 5.68. The van der Waals surface area contributed by atoms with Crippen LogP contribution in [-0.4, -0.2) is 22.7 Å². The van der Waals surface area contributed by atoms with E-state index in [4.69, 9.17) is 4.43 Å². The Morgan fingerprint density at radius 3 is 2.60 bits per heavy atom. The number of hydrogen-bond acceptors (Lipinski definition) is 2. The molecule has 1 N–H and O–H groups in total. The van der Waals surface area contributed by atoms with Gasteiger partial charge in [-0.05, 0) is 30.6 Å². The third-order valence-electron chi connectivity index (χ3n) is 2.59. The molecule has 0 aromatic heterocycles. The van der Waals surface area contributed by atoms with Crippen molar-refractivity contribution in [2.24, 2.45) is 0 Å². The molecule has 3 heteroatoms. The lowest BCUT2D eigenvalue weighted by Gasteiger charge is -2.11. The zero-order valence-electron chi connectivity index (χ0n) is 9.70. The van der Waals surface area contributed by atoms with Gasteiger partial charge in [-0.15, -0.1) is 0 Å². The highest BCUT2D eigenvalue weighted by molar-refractivity contribution is 6.51. The van der Waals surface area contributed by atoms with E-state index in [0.717, 1.165) is 6.54 Å². The molecule has 0 aliphatic carbocycles. The molecular weight excluding hydrogens is 202 g/mol. The van der Waals surface area contributed by atoms with Gasteiger partial charge in [-0.2, -0.15) is 0 Å². The molecule has 0 saturated heterocycles. The minimum absolute atomic E-state index is 0.858. The first kappa shape index (κ1) is 12.3. The molecule has 0 aliphatic rings. The van der Waals surface area contributed by atoms with E-state index < -0.39 is 9.04 Å². The predicted molar refractivity (Wildman–Crippen MR) is 69.0 cm³/mol.